The fraction of sp³-hybridized carbons (Fsp3) is 0.864. The smallest absolute Gasteiger partial charge is 0.475 e. The topological polar surface area (TPSA) is 111 Å². The van der Waals surface area contributed by atoms with Gasteiger partial charge in [-0.25, -0.2) is 4.79 Å². The van der Waals surface area contributed by atoms with Crippen molar-refractivity contribution in [3.8, 4) is 6.07 Å². The highest BCUT2D eigenvalue weighted by molar-refractivity contribution is 5.84. The normalized spacial score (nSPS) is 34.4. The summed E-state index contributed by atoms with van der Waals surface area (Å²) in [7, 11) is 0. The van der Waals surface area contributed by atoms with Gasteiger partial charge in [-0.3, -0.25) is 9.69 Å². The van der Waals surface area contributed by atoms with Gasteiger partial charge in [-0.2, -0.15) is 18.4 Å². The van der Waals surface area contributed by atoms with Gasteiger partial charge in [-0.1, -0.05) is 13.8 Å². The van der Waals surface area contributed by atoms with Crippen LogP contribution in [0.25, 0.3) is 0 Å². The molecule has 180 valence electrons. The van der Waals surface area contributed by atoms with Gasteiger partial charge in [0.25, 0.3) is 0 Å². The number of carbonyl (C=O) groups is 2. The van der Waals surface area contributed by atoms with Gasteiger partial charge < -0.3 is 15.7 Å². The van der Waals surface area contributed by atoms with Crippen molar-refractivity contribution < 1.29 is 27.9 Å². The van der Waals surface area contributed by atoms with Crippen molar-refractivity contribution in [2.75, 3.05) is 0 Å². The Labute approximate surface area is 186 Å². The summed E-state index contributed by atoms with van der Waals surface area (Å²) < 4.78 is 31.7. The van der Waals surface area contributed by atoms with E-state index >= 15 is 0 Å². The van der Waals surface area contributed by atoms with E-state index in [1.165, 1.54) is 25.7 Å². The average molecular weight is 459 g/mol. The van der Waals surface area contributed by atoms with E-state index in [0.717, 1.165) is 25.7 Å². The summed E-state index contributed by atoms with van der Waals surface area (Å²) in [5.74, 6) is -1.86. The molecule has 2 unspecified atom stereocenters. The van der Waals surface area contributed by atoms with Crippen LogP contribution in [0.3, 0.4) is 0 Å². The summed E-state index contributed by atoms with van der Waals surface area (Å²) >= 11 is 0. The second kappa shape index (κ2) is 9.56. The van der Waals surface area contributed by atoms with Gasteiger partial charge in [0.2, 0.25) is 5.91 Å². The number of nitrogens with two attached hydrogens (primary N) is 1. The molecular formula is C22H33F3N4O3. The first-order valence-electron chi connectivity index (χ1n) is 11.6. The zero-order valence-electron chi connectivity index (χ0n) is 18.6. The van der Waals surface area contributed by atoms with Crippen molar-refractivity contribution in [1.82, 2.24) is 9.80 Å². The quantitative estimate of drug-likeness (QED) is 0.656. The van der Waals surface area contributed by atoms with Crippen LogP contribution in [-0.4, -0.2) is 69.2 Å². The molecule has 32 heavy (non-hydrogen) atoms. The Hall–Kier alpha value is -1.86. The second-order valence-corrected chi connectivity index (χ2v) is 9.55. The SMILES string of the molecule is CCC(CC)N1C2CCC1CC([C@H](N)C(=O)N1[C@H](C#N)C[C@@H]3C[C@@H]31)C2.O=C(O)C(F)(F)F. The van der Waals surface area contributed by atoms with Gasteiger partial charge in [0.05, 0.1) is 12.1 Å². The highest BCUT2D eigenvalue weighted by atomic mass is 19.4. The van der Waals surface area contributed by atoms with Crippen molar-refractivity contribution in [2.24, 2.45) is 17.6 Å². The van der Waals surface area contributed by atoms with E-state index in [9.17, 15) is 23.2 Å². The van der Waals surface area contributed by atoms with Crippen molar-refractivity contribution in [1.29, 1.82) is 5.26 Å². The molecule has 0 spiro atoms. The number of aliphatic carboxylic acids is 1. The van der Waals surface area contributed by atoms with Gasteiger partial charge in [0, 0.05) is 24.2 Å². The third-order valence-corrected chi connectivity index (χ3v) is 7.73. The standard InChI is InChI=1S/C20H32N4O.C2HF3O2/c1-3-14(4-2)23-15-5-6-16(23)9-13(8-15)19(22)20(25)24-17(11-21)7-12-10-18(12)24;3-2(4,5)1(6)7/h12-19H,3-10,22H2,1-2H3;(H,6,7)/t12-,13?,15?,16?,17+,18+,19+;/m1./s1. The van der Waals surface area contributed by atoms with Crippen molar-refractivity contribution in [2.45, 2.75) is 108 Å². The minimum Gasteiger partial charge on any atom is -0.475 e. The highest BCUT2D eigenvalue weighted by Gasteiger charge is 2.56. The molecule has 3 saturated heterocycles. The van der Waals surface area contributed by atoms with Crippen LogP contribution in [0, 0.1) is 23.2 Å². The number of carboxylic acid groups (broad SMARTS) is 1. The lowest BCUT2D eigenvalue weighted by Gasteiger charge is -2.45. The van der Waals surface area contributed by atoms with Crippen LogP contribution in [0.5, 0.6) is 0 Å². The van der Waals surface area contributed by atoms with E-state index in [4.69, 9.17) is 15.6 Å². The Morgan fingerprint density at radius 2 is 1.66 bits per heavy atom. The Morgan fingerprint density at radius 3 is 2.09 bits per heavy atom. The molecule has 7 nitrogen and oxygen atoms in total. The molecule has 4 rings (SSSR count). The molecular weight excluding hydrogens is 425 g/mol. The van der Waals surface area contributed by atoms with E-state index in [0.29, 0.717) is 30.1 Å². The van der Waals surface area contributed by atoms with Crippen LogP contribution >= 0.6 is 0 Å². The summed E-state index contributed by atoms with van der Waals surface area (Å²) in [6, 6.07) is 3.87. The molecule has 1 saturated carbocycles. The fourth-order valence-corrected chi connectivity index (χ4v) is 6.12. The number of likely N-dealkylation sites (tertiary alicyclic amines) is 1. The van der Waals surface area contributed by atoms with Crippen LogP contribution in [0.4, 0.5) is 13.2 Å². The lowest BCUT2D eigenvalue weighted by Crippen LogP contribution is -2.56. The molecule has 10 heteroatoms. The van der Waals surface area contributed by atoms with Crippen molar-refractivity contribution >= 4 is 11.9 Å². The maximum atomic E-state index is 13.0. The van der Waals surface area contributed by atoms with Crippen LogP contribution in [0.1, 0.15) is 65.2 Å². The van der Waals surface area contributed by atoms with E-state index < -0.39 is 18.2 Å². The minimum absolute atomic E-state index is 0.0527. The summed E-state index contributed by atoms with van der Waals surface area (Å²) in [5, 5.41) is 16.5. The molecule has 6 atom stereocenters. The molecule has 4 fully saturated rings. The number of alkyl halides is 3. The summed E-state index contributed by atoms with van der Waals surface area (Å²) in [6.07, 6.45) is 3.90. The molecule has 3 heterocycles. The largest absolute Gasteiger partial charge is 0.490 e. The predicted molar refractivity (Wildman–Crippen MR) is 110 cm³/mol. The zero-order chi connectivity index (χ0) is 23.8. The molecule has 0 radical (unpaired) electrons. The second-order valence-electron chi connectivity index (χ2n) is 9.55. The van der Waals surface area contributed by atoms with Crippen LogP contribution < -0.4 is 5.73 Å². The molecule has 0 aromatic heterocycles. The molecule has 0 aromatic carbocycles. The maximum absolute atomic E-state index is 13.0. The number of rotatable bonds is 5. The van der Waals surface area contributed by atoms with Crippen LogP contribution in [0.15, 0.2) is 0 Å². The fourth-order valence-electron chi connectivity index (χ4n) is 6.12. The summed E-state index contributed by atoms with van der Waals surface area (Å²) in [5.41, 5.74) is 6.49. The number of nitriles is 1. The predicted octanol–water partition coefficient (Wildman–Crippen LogP) is 2.89. The summed E-state index contributed by atoms with van der Waals surface area (Å²) in [4.78, 5) is 26.5. The first-order valence-corrected chi connectivity index (χ1v) is 11.6. The Bertz CT molecular complexity index is 738. The average Bonchev–Trinajstić information content (AvgIpc) is 3.34. The lowest BCUT2D eigenvalue weighted by molar-refractivity contribution is -0.192. The molecule has 3 aliphatic heterocycles. The molecule has 3 N–H and O–H groups in total. The van der Waals surface area contributed by atoms with Gasteiger partial charge in [0.15, 0.2) is 0 Å². The van der Waals surface area contributed by atoms with Gasteiger partial charge >= 0.3 is 12.1 Å². The van der Waals surface area contributed by atoms with Gasteiger partial charge in [-0.15, -0.1) is 0 Å². The monoisotopic (exact) mass is 458 g/mol. The number of amides is 1. The maximum Gasteiger partial charge on any atom is 0.490 e. The summed E-state index contributed by atoms with van der Waals surface area (Å²) in [6.45, 7) is 4.58. The third kappa shape index (κ3) is 4.88. The number of nitrogens with zero attached hydrogens (tertiary/aromatic N) is 3. The number of hydrogen-bond donors (Lipinski definition) is 2. The van der Waals surface area contributed by atoms with Gasteiger partial charge in [-0.05, 0) is 63.2 Å². The molecule has 1 amide bonds. The number of hydrogen-bond acceptors (Lipinski definition) is 5. The zero-order valence-corrected chi connectivity index (χ0v) is 18.6. The number of fused-ring (bicyclic) bond motifs is 3. The first-order chi connectivity index (χ1) is 15.0. The van der Waals surface area contributed by atoms with E-state index in [1.54, 1.807) is 0 Å². The highest BCUT2D eigenvalue weighted by Crippen LogP contribution is 2.48. The molecule has 4 aliphatic rings. The minimum atomic E-state index is -5.08. The van der Waals surface area contributed by atoms with E-state index in [-0.39, 0.29) is 17.9 Å². The molecule has 2 bridgehead atoms. The number of carboxylic acids is 1. The van der Waals surface area contributed by atoms with Crippen molar-refractivity contribution in [3.63, 3.8) is 0 Å². The number of piperidine rings is 2. The van der Waals surface area contributed by atoms with Gasteiger partial charge in [0.1, 0.15) is 6.04 Å². The number of carbonyl (C=O) groups excluding carboxylic acids is 1. The Balaban J connectivity index is 0.000000360. The first kappa shape index (κ1) is 24.8. The molecule has 0 aromatic rings. The Kier molecular flexibility index (Phi) is 7.40. The van der Waals surface area contributed by atoms with Crippen LogP contribution in [0.2, 0.25) is 0 Å². The lowest BCUT2D eigenvalue weighted by atomic mass is 9.83. The van der Waals surface area contributed by atoms with E-state index in [2.05, 4.69) is 24.8 Å². The van der Waals surface area contributed by atoms with Crippen molar-refractivity contribution in [3.05, 3.63) is 0 Å². The number of halogens is 3. The molecule has 1 aliphatic carbocycles. The van der Waals surface area contributed by atoms with E-state index in [1.807, 2.05) is 4.90 Å². The van der Waals surface area contributed by atoms with Crippen LogP contribution in [-0.2, 0) is 9.59 Å². The Morgan fingerprint density at radius 1 is 1.12 bits per heavy atom. The third-order valence-electron chi connectivity index (χ3n) is 7.73.